The summed E-state index contributed by atoms with van der Waals surface area (Å²) in [6.07, 6.45) is 7.96. The van der Waals surface area contributed by atoms with Crippen LogP contribution in [0.2, 0.25) is 0 Å². The van der Waals surface area contributed by atoms with E-state index in [2.05, 4.69) is 34.3 Å². The smallest absolute Gasteiger partial charge is 0.230 e. The van der Waals surface area contributed by atoms with Crippen molar-refractivity contribution in [2.24, 2.45) is 0 Å². The van der Waals surface area contributed by atoms with E-state index in [-0.39, 0.29) is 5.92 Å². The first-order valence-electron chi connectivity index (χ1n) is 8.18. The minimum absolute atomic E-state index is 0.0643. The Morgan fingerprint density at radius 1 is 1.23 bits per heavy atom. The molecule has 0 spiro atoms. The summed E-state index contributed by atoms with van der Waals surface area (Å²) < 4.78 is 1.94. The Hall–Kier alpha value is -2.10. The number of benzene rings is 1. The number of rotatable bonds is 3. The highest BCUT2D eigenvalue weighted by Crippen LogP contribution is 2.36. The summed E-state index contributed by atoms with van der Waals surface area (Å²) in [7, 11) is 0. The summed E-state index contributed by atoms with van der Waals surface area (Å²) in [5.74, 6) is 0.383. The third-order valence-electron chi connectivity index (χ3n) is 5.05. The minimum atomic E-state index is 0.0643. The van der Waals surface area contributed by atoms with Crippen molar-refractivity contribution in [2.45, 2.75) is 44.2 Å². The summed E-state index contributed by atoms with van der Waals surface area (Å²) in [6, 6.07) is 10.6. The molecule has 1 aliphatic carbocycles. The van der Waals surface area contributed by atoms with Crippen molar-refractivity contribution >= 4 is 5.91 Å². The lowest BCUT2D eigenvalue weighted by Crippen LogP contribution is -2.40. The number of likely N-dealkylation sites (tertiary alicyclic amines) is 1. The molecule has 1 saturated heterocycles. The molecule has 0 bridgehead atoms. The Balaban J connectivity index is 1.52. The van der Waals surface area contributed by atoms with Gasteiger partial charge in [-0.05, 0) is 42.9 Å². The van der Waals surface area contributed by atoms with Crippen LogP contribution in [-0.4, -0.2) is 33.2 Å². The van der Waals surface area contributed by atoms with E-state index in [0.29, 0.717) is 11.9 Å². The lowest BCUT2D eigenvalue weighted by atomic mass is 9.99. The summed E-state index contributed by atoms with van der Waals surface area (Å²) in [4.78, 5) is 15.2. The van der Waals surface area contributed by atoms with Gasteiger partial charge in [-0.2, -0.15) is 5.10 Å². The van der Waals surface area contributed by atoms with Crippen LogP contribution in [0.1, 0.15) is 36.3 Å². The van der Waals surface area contributed by atoms with Gasteiger partial charge in [0, 0.05) is 18.9 Å². The SMILES string of the molecule is O=C([C@H]1CCc2ccccc21)N1CCC[C@H]1Cn1cccn1. The van der Waals surface area contributed by atoms with Gasteiger partial charge in [0.15, 0.2) is 0 Å². The van der Waals surface area contributed by atoms with Crippen LogP contribution in [0.5, 0.6) is 0 Å². The molecular formula is C18H21N3O. The van der Waals surface area contributed by atoms with E-state index >= 15 is 0 Å². The first kappa shape index (κ1) is 13.6. The molecule has 4 nitrogen and oxygen atoms in total. The number of hydrogen-bond donors (Lipinski definition) is 0. The van der Waals surface area contributed by atoms with E-state index in [0.717, 1.165) is 38.8 Å². The van der Waals surface area contributed by atoms with Crippen LogP contribution in [0.3, 0.4) is 0 Å². The molecule has 0 unspecified atom stereocenters. The number of aromatic nitrogens is 2. The average molecular weight is 295 g/mol. The fraction of sp³-hybridized carbons (Fsp3) is 0.444. The van der Waals surface area contributed by atoms with Crippen LogP contribution in [-0.2, 0) is 17.8 Å². The number of nitrogens with zero attached hydrogens (tertiary/aromatic N) is 3. The number of aryl methyl sites for hydroxylation is 1. The van der Waals surface area contributed by atoms with Gasteiger partial charge in [0.1, 0.15) is 0 Å². The molecule has 114 valence electrons. The van der Waals surface area contributed by atoms with Gasteiger partial charge in [0.2, 0.25) is 5.91 Å². The molecule has 2 heterocycles. The van der Waals surface area contributed by atoms with Gasteiger partial charge >= 0.3 is 0 Å². The van der Waals surface area contributed by atoms with Gasteiger partial charge in [-0.1, -0.05) is 24.3 Å². The zero-order valence-electron chi connectivity index (χ0n) is 12.7. The highest BCUT2D eigenvalue weighted by Gasteiger charge is 2.36. The Bertz CT molecular complexity index is 665. The van der Waals surface area contributed by atoms with E-state index in [4.69, 9.17) is 0 Å². The summed E-state index contributed by atoms with van der Waals surface area (Å²) in [5.41, 5.74) is 2.60. The summed E-state index contributed by atoms with van der Waals surface area (Å²) in [6.45, 7) is 1.70. The topological polar surface area (TPSA) is 38.1 Å². The van der Waals surface area contributed by atoms with E-state index in [1.807, 2.05) is 16.9 Å². The van der Waals surface area contributed by atoms with Crippen LogP contribution in [0.25, 0.3) is 0 Å². The normalized spacial score (nSPS) is 23.7. The fourth-order valence-electron chi connectivity index (χ4n) is 3.95. The van der Waals surface area contributed by atoms with E-state index < -0.39 is 0 Å². The lowest BCUT2D eigenvalue weighted by Gasteiger charge is -2.27. The van der Waals surface area contributed by atoms with Crippen molar-refractivity contribution in [1.29, 1.82) is 0 Å². The van der Waals surface area contributed by atoms with Gasteiger partial charge in [-0.25, -0.2) is 0 Å². The molecular weight excluding hydrogens is 274 g/mol. The molecule has 2 atom stereocenters. The molecule has 1 aromatic carbocycles. The van der Waals surface area contributed by atoms with Crippen molar-refractivity contribution in [2.75, 3.05) is 6.54 Å². The molecule has 0 radical (unpaired) electrons. The van der Waals surface area contributed by atoms with Crippen molar-refractivity contribution in [3.8, 4) is 0 Å². The third kappa shape index (κ3) is 2.32. The van der Waals surface area contributed by atoms with Crippen LogP contribution < -0.4 is 0 Å². The monoisotopic (exact) mass is 295 g/mol. The standard InChI is InChI=1S/C18H21N3O/c22-18(17-9-8-14-5-1-2-7-16(14)17)21-12-3-6-15(21)13-20-11-4-10-19-20/h1-2,4-5,7,10-11,15,17H,3,6,8-9,12-13H2/t15-,17-/m0/s1. The maximum absolute atomic E-state index is 13.0. The molecule has 1 aromatic heterocycles. The molecule has 0 N–H and O–H groups in total. The van der Waals surface area contributed by atoms with Crippen molar-refractivity contribution in [3.05, 3.63) is 53.9 Å². The predicted molar refractivity (Wildman–Crippen MR) is 84.5 cm³/mol. The second-order valence-corrected chi connectivity index (χ2v) is 6.35. The molecule has 1 fully saturated rings. The minimum Gasteiger partial charge on any atom is -0.337 e. The molecule has 2 aromatic rings. The van der Waals surface area contributed by atoms with Crippen molar-refractivity contribution in [3.63, 3.8) is 0 Å². The Kier molecular flexibility index (Phi) is 3.45. The fourth-order valence-corrected chi connectivity index (χ4v) is 3.95. The van der Waals surface area contributed by atoms with Gasteiger partial charge in [0.05, 0.1) is 18.5 Å². The highest BCUT2D eigenvalue weighted by molar-refractivity contribution is 5.85. The second-order valence-electron chi connectivity index (χ2n) is 6.35. The third-order valence-corrected chi connectivity index (χ3v) is 5.05. The van der Waals surface area contributed by atoms with Gasteiger partial charge in [-0.3, -0.25) is 9.48 Å². The Morgan fingerprint density at radius 3 is 3.00 bits per heavy atom. The average Bonchev–Trinajstić information content (AvgIpc) is 3.27. The van der Waals surface area contributed by atoms with Gasteiger partial charge < -0.3 is 4.90 Å². The second kappa shape index (κ2) is 5.59. The molecule has 1 amide bonds. The van der Waals surface area contributed by atoms with E-state index in [9.17, 15) is 4.79 Å². The summed E-state index contributed by atoms with van der Waals surface area (Å²) in [5, 5.41) is 4.29. The largest absolute Gasteiger partial charge is 0.337 e. The Morgan fingerprint density at radius 2 is 2.14 bits per heavy atom. The Labute approximate surface area is 130 Å². The molecule has 1 aliphatic heterocycles. The first-order valence-corrected chi connectivity index (χ1v) is 8.18. The molecule has 22 heavy (non-hydrogen) atoms. The number of carbonyl (C=O) groups excluding carboxylic acids is 1. The molecule has 4 heteroatoms. The quantitative estimate of drug-likeness (QED) is 0.873. The number of amides is 1. The maximum atomic E-state index is 13.0. The van der Waals surface area contributed by atoms with Crippen LogP contribution in [0, 0.1) is 0 Å². The number of hydrogen-bond acceptors (Lipinski definition) is 2. The maximum Gasteiger partial charge on any atom is 0.230 e. The highest BCUT2D eigenvalue weighted by atomic mass is 16.2. The molecule has 2 aliphatic rings. The first-order chi connectivity index (χ1) is 10.8. The van der Waals surface area contributed by atoms with Crippen LogP contribution in [0.15, 0.2) is 42.7 Å². The zero-order chi connectivity index (χ0) is 14.9. The zero-order valence-corrected chi connectivity index (χ0v) is 12.7. The van der Waals surface area contributed by atoms with Crippen LogP contribution >= 0.6 is 0 Å². The van der Waals surface area contributed by atoms with Crippen molar-refractivity contribution < 1.29 is 4.79 Å². The van der Waals surface area contributed by atoms with Crippen molar-refractivity contribution in [1.82, 2.24) is 14.7 Å². The van der Waals surface area contributed by atoms with E-state index in [1.165, 1.54) is 11.1 Å². The predicted octanol–water partition coefficient (Wildman–Crippen LogP) is 2.60. The lowest BCUT2D eigenvalue weighted by molar-refractivity contribution is -0.133. The van der Waals surface area contributed by atoms with Crippen LogP contribution in [0.4, 0.5) is 0 Å². The van der Waals surface area contributed by atoms with E-state index in [1.54, 1.807) is 6.20 Å². The molecule has 0 saturated carbocycles. The number of fused-ring (bicyclic) bond motifs is 1. The van der Waals surface area contributed by atoms with Gasteiger partial charge in [0.25, 0.3) is 0 Å². The summed E-state index contributed by atoms with van der Waals surface area (Å²) >= 11 is 0. The van der Waals surface area contributed by atoms with Gasteiger partial charge in [-0.15, -0.1) is 0 Å². The number of carbonyl (C=O) groups is 1. The molecule has 4 rings (SSSR count).